The van der Waals surface area contributed by atoms with Gasteiger partial charge in [-0.25, -0.2) is 0 Å². The first-order valence-electron chi connectivity index (χ1n) is 28.1. The van der Waals surface area contributed by atoms with Gasteiger partial charge in [0.15, 0.2) is 6.10 Å². The summed E-state index contributed by atoms with van der Waals surface area (Å²) >= 11 is 0. The van der Waals surface area contributed by atoms with Crippen molar-refractivity contribution in [1.29, 1.82) is 0 Å². The molecule has 0 fully saturated rings. The van der Waals surface area contributed by atoms with Gasteiger partial charge in [0.2, 0.25) is 0 Å². The fourth-order valence-corrected chi connectivity index (χ4v) is 7.58. The van der Waals surface area contributed by atoms with Crippen LogP contribution in [-0.4, -0.2) is 37.2 Å². The number of unbranched alkanes of at least 4 members (excludes halogenated alkanes) is 25. The van der Waals surface area contributed by atoms with Gasteiger partial charge < -0.3 is 14.2 Å². The Balaban J connectivity index is 4.41. The molecule has 0 saturated carbocycles. The van der Waals surface area contributed by atoms with Crippen molar-refractivity contribution in [2.24, 2.45) is 0 Å². The molecular formula is C61H104O6. The maximum atomic E-state index is 12.8. The van der Waals surface area contributed by atoms with Crippen molar-refractivity contribution in [3.05, 3.63) is 85.1 Å². The Bertz CT molecular complexity index is 1300. The lowest BCUT2D eigenvalue weighted by Gasteiger charge is -2.18. The van der Waals surface area contributed by atoms with Crippen molar-refractivity contribution in [3.63, 3.8) is 0 Å². The lowest BCUT2D eigenvalue weighted by atomic mass is 10.1. The molecule has 0 radical (unpaired) electrons. The first-order chi connectivity index (χ1) is 33.0. The predicted octanol–water partition coefficient (Wildman–Crippen LogP) is 18.8. The molecule has 0 aliphatic rings. The summed E-state index contributed by atoms with van der Waals surface area (Å²) in [7, 11) is 0. The smallest absolute Gasteiger partial charge is 0.306 e. The maximum absolute atomic E-state index is 12.8. The molecule has 0 rings (SSSR count). The molecule has 0 aliphatic heterocycles. The Hall–Kier alpha value is -3.41. The van der Waals surface area contributed by atoms with E-state index in [2.05, 4.69) is 106 Å². The van der Waals surface area contributed by atoms with Crippen LogP contribution in [0.1, 0.15) is 265 Å². The minimum Gasteiger partial charge on any atom is -0.462 e. The summed E-state index contributed by atoms with van der Waals surface area (Å²) in [6.45, 7) is 6.51. The molecule has 0 amide bonds. The highest BCUT2D eigenvalue weighted by atomic mass is 16.6. The number of esters is 3. The summed E-state index contributed by atoms with van der Waals surface area (Å²) in [6.07, 6.45) is 71.4. The van der Waals surface area contributed by atoms with Crippen molar-refractivity contribution >= 4 is 17.9 Å². The van der Waals surface area contributed by atoms with E-state index in [-0.39, 0.29) is 31.1 Å². The molecule has 1 atom stereocenters. The predicted molar refractivity (Wildman–Crippen MR) is 288 cm³/mol. The largest absolute Gasteiger partial charge is 0.462 e. The van der Waals surface area contributed by atoms with Gasteiger partial charge in [0.1, 0.15) is 13.2 Å². The SMILES string of the molecule is CCC/C=C\C/C=C\CCCCCCCC(=O)OCC(COC(=O)CCCCCCCC/C=C\C/C=C\C/C=C\CCCCCCC)OC(=O)CCCCCCC/C=C\C/C=C\CCCCC. The molecule has 0 aliphatic carbocycles. The molecule has 384 valence electrons. The van der Waals surface area contributed by atoms with E-state index in [1.807, 2.05) is 0 Å². The van der Waals surface area contributed by atoms with Crippen LogP contribution in [0.25, 0.3) is 0 Å². The second kappa shape index (κ2) is 55.2. The Morgan fingerprint density at radius 1 is 0.299 bits per heavy atom. The Morgan fingerprint density at radius 2 is 0.567 bits per heavy atom. The van der Waals surface area contributed by atoms with Crippen LogP contribution in [0.3, 0.4) is 0 Å². The second-order valence-corrected chi connectivity index (χ2v) is 18.5. The summed E-state index contributed by atoms with van der Waals surface area (Å²) in [5.74, 6) is -0.931. The lowest BCUT2D eigenvalue weighted by Crippen LogP contribution is -2.30. The summed E-state index contributed by atoms with van der Waals surface area (Å²) in [5, 5.41) is 0. The molecule has 0 N–H and O–H groups in total. The highest BCUT2D eigenvalue weighted by molar-refractivity contribution is 5.71. The van der Waals surface area contributed by atoms with Gasteiger partial charge in [0.05, 0.1) is 0 Å². The molecule has 0 bridgehead atoms. The normalized spacial score (nSPS) is 12.7. The van der Waals surface area contributed by atoms with Crippen molar-refractivity contribution in [1.82, 2.24) is 0 Å². The highest BCUT2D eigenvalue weighted by Crippen LogP contribution is 2.14. The fourth-order valence-electron chi connectivity index (χ4n) is 7.58. The van der Waals surface area contributed by atoms with Crippen LogP contribution in [0.15, 0.2) is 85.1 Å². The molecule has 0 saturated heterocycles. The van der Waals surface area contributed by atoms with Crippen LogP contribution >= 0.6 is 0 Å². The summed E-state index contributed by atoms with van der Waals surface area (Å²) in [6, 6.07) is 0. The third-order valence-corrected chi connectivity index (χ3v) is 11.8. The van der Waals surface area contributed by atoms with Crippen molar-refractivity contribution in [2.75, 3.05) is 13.2 Å². The number of carbonyl (C=O) groups is 3. The van der Waals surface area contributed by atoms with Crippen LogP contribution < -0.4 is 0 Å². The molecule has 0 aromatic carbocycles. The van der Waals surface area contributed by atoms with Gasteiger partial charge in [0, 0.05) is 19.3 Å². The first kappa shape index (κ1) is 63.6. The lowest BCUT2D eigenvalue weighted by molar-refractivity contribution is -0.167. The number of carbonyl (C=O) groups excluding carboxylic acids is 3. The molecule has 0 aromatic heterocycles. The molecule has 0 heterocycles. The van der Waals surface area contributed by atoms with Crippen LogP contribution in [0.4, 0.5) is 0 Å². The third kappa shape index (κ3) is 53.4. The molecule has 1 unspecified atom stereocenters. The van der Waals surface area contributed by atoms with Crippen molar-refractivity contribution in [2.45, 2.75) is 271 Å². The standard InChI is InChI=1S/C61H104O6/c1-4-7-10-13-16-19-22-25-27-28-29-30-31-32-34-36-39-42-45-48-51-54-60(63)66-57-58(56-65-59(62)53-50-47-44-41-38-35-24-21-18-15-12-9-6-3)67-61(64)55-52-49-46-43-40-37-33-26-23-20-17-14-11-8-5-2/h12,15,17,20-22,24-26,28-29,31-33,58H,4-11,13-14,16,18-19,23,27,30,34-57H2,1-3H3/b15-12-,20-17-,24-21-,25-22-,29-28-,32-31-,33-26-. The van der Waals surface area contributed by atoms with E-state index in [0.717, 1.165) is 135 Å². The fraction of sp³-hybridized carbons (Fsp3) is 0.721. The van der Waals surface area contributed by atoms with Gasteiger partial charge in [-0.05, 0) is 116 Å². The van der Waals surface area contributed by atoms with Crippen molar-refractivity contribution in [3.8, 4) is 0 Å². The number of hydrogen-bond donors (Lipinski definition) is 0. The van der Waals surface area contributed by atoms with Crippen LogP contribution in [-0.2, 0) is 28.6 Å². The van der Waals surface area contributed by atoms with E-state index in [0.29, 0.717) is 19.3 Å². The van der Waals surface area contributed by atoms with E-state index in [1.54, 1.807) is 0 Å². The van der Waals surface area contributed by atoms with Gasteiger partial charge >= 0.3 is 17.9 Å². The summed E-state index contributed by atoms with van der Waals surface area (Å²) < 4.78 is 16.8. The zero-order chi connectivity index (χ0) is 48.6. The van der Waals surface area contributed by atoms with Gasteiger partial charge in [0.25, 0.3) is 0 Å². The van der Waals surface area contributed by atoms with Gasteiger partial charge in [-0.3, -0.25) is 14.4 Å². The zero-order valence-corrected chi connectivity index (χ0v) is 43.9. The monoisotopic (exact) mass is 933 g/mol. The minimum atomic E-state index is -0.796. The molecule has 67 heavy (non-hydrogen) atoms. The average Bonchev–Trinajstić information content (AvgIpc) is 3.33. The Morgan fingerprint density at radius 3 is 0.925 bits per heavy atom. The van der Waals surface area contributed by atoms with Crippen LogP contribution in [0.2, 0.25) is 0 Å². The Kier molecular flexibility index (Phi) is 52.4. The summed E-state index contributed by atoms with van der Waals surface area (Å²) in [4.78, 5) is 38.1. The average molecular weight is 933 g/mol. The highest BCUT2D eigenvalue weighted by Gasteiger charge is 2.19. The third-order valence-electron chi connectivity index (χ3n) is 11.8. The summed E-state index contributed by atoms with van der Waals surface area (Å²) in [5.41, 5.74) is 0. The van der Waals surface area contributed by atoms with E-state index >= 15 is 0 Å². The van der Waals surface area contributed by atoms with E-state index in [9.17, 15) is 14.4 Å². The van der Waals surface area contributed by atoms with E-state index in [4.69, 9.17) is 14.2 Å². The Labute approximate surface area is 414 Å². The molecule has 0 aromatic rings. The van der Waals surface area contributed by atoms with Gasteiger partial charge in [-0.15, -0.1) is 0 Å². The number of allylic oxidation sites excluding steroid dienone is 14. The second-order valence-electron chi connectivity index (χ2n) is 18.5. The molecule has 6 heteroatoms. The van der Waals surface area contributed by atoms with Crippen molar-refractivity contribution < 1.29 is 28.6 Å². The van der Waals surface area contributed by atoms with E-state index in [1.165, 1.54) is 89.9 Å². The number of ether oxygens (including phenoxy) is 3. The number of hydrogen-bond acceptors (Lipinski definition) is 6. The number of rotatable bonds is 50. The van der Waals surface area contributed by atoms with Crippen LogP contribution in [0, 0.1) is 0 Å². The molecular weight excluding hydrogens is 829 g/mol. The minimum absolute atomic E-state index is 0.0941. The van der Waals surface area contributed by atoms with Crippen LogP contribution in [0.5, 0.6) is 0 Å². The van der Waals surface area contributed by atoms with Gasteiger partial charge in [-0.1, -0.05) is 215 Å². The first-order valence-corrected chi connectivity index (χ1v) is 28.1. The molecule has 0 spiro atoms. The topological polar surface area (TPSA) is 78.9 Å². The van der Waals surface area contributed by atoms with E-state index < -0.39 is 6.10 Å². The van der Waals surface area contributed by atoms with Gasteiger partial charge in [-0.2, -0.15) is 0 Å². The molecule has 6 nitrogen and oxygen atoms in total. The quantitative estimate of drug-likeness (QED) is 0.0262. The zero-order valence-electron chi connectivity index (χ0n) is 43.9. The maximum Gasteiger partial charge on any atom is 0.306 e.